The van der Waals surface area contributed by atoms with Crippen LogP contribution in [0.5, 0.6) is 11.5 Å². The molecule has 0 aliphatic heterocycles. The first-order valence-electron chi connectivity index (χ1n) is 11.2. The molecule has 4 fully saturated rings. The first-order valence-corrected chi connectivity index (χ1v) is 11.2. The maximum Gasteiger partial charge on any atom is 0.265 e. The van der Waals surface area contributed by atoms with Crippen molar-refractivity contribution < 1.29 is 14.3 Å². The molecule has 1 N–H and O–H groups in total. The molecule has 158 valence electrons. The number of benzene rings is 2. The molecule has 0 saturated heterocycles. The molecule has 0 spiro atoms. The lowest BCUT2D eigenvalue weighted by atomic mass is 9.48. The van der Waals surface area contributed by atoms with E-state index in [1.807, 2.05) is 18.2 Å². The summed E-state index contributed by atoms with van der Waals surface area (Å²) in [6, 6.07) is 15.9. The average molecular weight is 406 g/mol. The summed E-state index contributed by atoms with van der Waals surface area (Å²) < 4.78 is 11.0. The SMILES string of the molecule is COc1cccc(O[C@H](C)C(=O)Nc2ccc(C34CC5CC(CC(C5)C3)C4)cc2)c1. The zero-order valence-corrected chi connectivity index (χ0v) is 17.9. The standard InChI is InChI=1S/C26H31NO3/c1-17(30-24-5-3-4-23(13-24)29-2)25(28)27-22-8-6-21(7-9-22)26-14-18-10-19(15-26)12-20(11-18)16-26/h3-9,13,17-20H,10-12,14-16H2,1-2H3,(H,27,28)/t17-,18?,19?,20?,26?/m1/s1. The summed E-state index contributed by atoms with van der Waals surface area (Å²) >= 11 is 0. The van der Waals surface area contributed by atoms with E-state index in [9.17, 15) is 4.79 Å². The van der Waals surface area contributed by atoms with Crippen LogP contribution in [-0.4, -0.2) is 19.1 Å². The van der Waals surface area contributed by atoms with E-state index in [4.69, 9.17) is 9.47 Å². The van der Waals surface area contributed by atoms with Crippen molar-refractivity contribution in [2.75, 3.05) is 12.4 Å². The van der Waals surface area contributed by atoms with Gasteiger partial charge in [-0.25, -0.2) is 0 Å². The molecular formula is C26H31NO3. The fraction of sp³-hybridized carbons (Fsp3) is 0.500. The molecule has 0 unspecified atom stereocenters. The Balaban J connectivity index is 1.23. The summed E-state index contributed by atoms with van der Waals surface area (Å²) in [4.78, 5) is 12.6. The fourth-order valence-electron chi connectivity index (χ4n) is 6.55. The van der Waals surface area contributed by atoms with Gasteiger partial charge in [-0.3, -0.25) is 4.79 Å². The fourth-order valence-corrected chi connectivity index (χ4v) is 6.55. The van der Waals surface area contributed by atoms with Gasteiger partial charge in [-0.2, -0.15) is 0 Å². The van der Waals surface area contributed by atoms with Gasteiger partial charge in [0.05, 0.1) is 7.11 Å². The summed E-state index contributed by atoms with van der Waals surface area (Å²) in [7, 11) is 1.61. The number of carbonyl (C=O) groups excluding carboxylic acids is 1. The normalized spacial score (nSPS) is 30.0. The molecular weight excluding hydrogens is 374 g/mol. The van der Waals surface area contributed by atoms with Crippen LogP contribution >= 0.6 is 0 Å². The molecule has 4 aliphatic carbocycles. The maximum atomic E-state index is 12.6. The second-order valence-corrected chi connectivity index (χ2v) is 9.70. The molecule has 30 heavy (non-hydrogen) atoms. The highest BCUT2D eigenvalue weighted by molar-refractivity contribution is 5.94. The zero-order chi connectivity index (χ0) is 20.7. The van der Waals surface area contributed by atoms with Crippen molar-refractivity contribution >= 4 is 11.6 Å². The number of hydrogen-bond acceptors (Lipinski definition) is 3. The minimum atomic E-state index is -0.597. The smallest absolute Gasteiger partial charge is 0.265 e. The van der Waals surface area contributed by atoms with Crippen LogP contribution in [0.4, 0.5) is 5.69 Å². The van der Waals surface area contributed by atoms with Gasteiger partial charge in [-0.05, 0) is 98.4 Å². The van der Waals surface area contributed by atoms with Crippen LogP contribution in [0, 0.1) is 17.8 Å². The number of anilines is 1. The molecule has 4 aliphatic rings. The predicted octanol–water partition coefficient (Wildman–Crippen LogP) is 5.57. The summed E-state index contributed by atoms with van der Waals surface area (Å²) in [5, 5.41) is 3.00. The average Bonchev–Trinajstić information content (AvgIpc) is 2.73. The summed E-state index contributed by atoms with van der Waals surface area (Å²) in [6.07, 6.45) is 7.85. The van der Waals surface area contributed by atoms with Crippen molar-refractivity contribution in [1.82, 2.24) is 0 Å². The summed E-state index contributed by atoms with van der Waals surface area (Å²) in [5.74, 6) is 3.98. The highest BCUT2D eigenvalue weighted by Gasteiger charge is 2.51. The highest BCUT2D eigenvalue weighted by Crippen LogP contribution is 2.60. The van der Waals surface area contributed by atoms with Crippen LogP contribution in [0.1, 0.15) is 51.0 Å². The number of nitrogens with one attached hydrogen (secondary N) is 1. The molecule has 1 atom stereocenters. The van der Waals surface area contributed by atoms with Crippen LogP contribution in [0.15, 0.2) is 48.5 Å². The van der Waals surface area contributed by atoms with Gasteiger partial charge in [0.2, 0.25) is 0 Å². The molecule has 4 nitrogen and oxygen atoms in total. The predicted molar refractivity (Wildman–Crippen MR) is 118 cm³/mol. The monoisotopic (exact) mass is 405 g/mol. The van der Waals surface area contributed by atoms with Crippen LogP contribution < -0.4 is 14.8 Å². The molecule has 4 saturated carbocycles. The van der Waals surface area contributed by atoms with E-state index in [0.29, 0.717) is 16.9 Å². The van der Waals surface area contributed by atoms with Crippen molar-refractivity contribution in [1.29, 1.82) is 0 Å². The topological polar surface area (TPSA) is 47.6 Å². The minimum absolute atomic E-state index is 0.152. The summed E-state index contributed by atoms with van der Waals surface area (Å²) in [5.41, 5.74) is 2.69. The highest BCUT2D eigenvalue weighted by atomic mass is 16.5. The van der Waals surface area contributed by atoms with E-state index in [1.54, 1.807) is 20.1 Å². The van der Waals surface area contributed by atoms with E-state index in [0.717, 1.165) is 23.4 Å². The van der Waals surface area contributed by atoms with Gasteiger partial charge >= 0.3 is 0 Å². The van der Waals surface area contributed by atoms with Gasteiger partial charge < -0.3 is 14.8 Å². The maximum absolute atomic E-state index is 12.6. The Bertz CT molecular complexity index is 885. The lowest BCUT2D eigenvalue weighted by Gasteiger charge is -2.57. The van der Waals surface area contributed by atoms with Gasteiger partial charge in [-0.15, -0.1) is 0 Å². The van der Waals surface area contributed by atoms with Gasteiger partial charge in [0, 0.05) is 11.8 Å². The molecule has 0 aromatic heterocycles. The third kappa shape index (κ3) is 3.68. The molecule has 4 heteroatoms. The van der Waals surface area contributed by atoms with Crippen molar-refractivity contribution in [2.45, 2.75) is 57.0 Å². The van der Waals surface area contributed by atoms with E-state index >= 15 is 0 Å². The molecule has 1 amide bonds. The molecule has 6 rings (SSSR count). The number of rotatable bonds is 6. The van der Waals surface area contributed by atoms with Crippen molar-refractivity contribution in [3.8, 4) is 11.5 Å². The number of amides is 1. The third-order valence-corrected chi connectivity index (χ3v) is 7.53. The molecule has 2 aromatic carbocycles. The van der Waals surface area contributed by atoms with Crippen LogP contribution in [0.3, 0.4) is 0 Å². The van der Waals surface area contributed by atoms with Crippen LogP contribution in [0.2, 0.25) is 0 Å². The summed E-state index contributed by atoms with van der Waals surface area (Å²) in [6.45, 7) is 1.76. The number of carbonyl (C=O) groups is 1. The number of hydrogen-bond donors (Lipinski definition) is 1. The second-order valence-electron chi connectivity index (χ2n) is 9.70. The largest absolute Gasteiger partial charge is 0.497 e. The Morgan fingerprint density at radius 1 is 0.967 bits per heavy atom. The Morgan fingerprint density at radius 3 is 2.17 bits per heavy atom. The van der Waals surface area contributed by atoms with Crippen molar-refractivity contribution in [3.05, 3.63) is 54.1 Å². The second kappa shape index (κ2) is 7.64. The molecule has 2 aromatic rings. The lowest BCUT2D eigenvalue weighted by Crippen LogP contribution is -2.48. The lowest BCUT2D eigenvalue weighted by molar-refractivity contribution is -0.122. The van der Waals surface area contributed by atoms with E-state index in [2.05, 4.69) is 29.6 Å². The molecule has 4 bridgehead atoms. The number of ether oxygens (including phenoxy) is 2. The quantitative estimate of drug-likeness (QED) is 0.683. The van der Waals surface area contributed by atoms with Crippen LogP contribution in [-0.2, 0) is 10.2 Å². The Kier molecular flexibility index (Phi) is 4.96. The van der Waals surface area contributed by atoms with Crippen LogP contribution in [0.25, 0.3) is 0 Å². The Hall–Kier alpha value is -2.49. The minimum Gasteiger partial charge on any atom is -0.497 e. The van der Waals surface area contributed by atoms with E-state index in [-0.39, 0.29) is 5.91 Å². The first-order chi connectivity index (χ1) is 14.5. The Labute approximate surface area is 179 Å². The van der Waals surface area contributed by atoms with Crippen molar-refractivity contribution in [2.24, 2.45) is 17.8 Å². The molecule has 0 radical (unpaired) electrons. The third-order valence-electron chi connectivity index (χ3n) is 7.53. The van der Waals surface area contributed by atoms with Gasteiger partial charge in [0.25, 0.3) is 5.91 Å². The van der Waals surface area contributed by atoms with Gasteiger partial charge in [0.1, 0.15) is 11.5 Å². The Morgan fingerprint density at radius 2 is 1.57 bits per heavy atom. The van der Waals surface area contributed by atoms with E-state index < -0.39 is 6.10 Å². The number of methoxy groups -OCH3 is 1. The van der Waals surface area contributed by atoms with Gasteiger partial charge in [-0.1, -0.05) is 18.2 Å². The molecule has 0 heterocycles. The van der Waals surface area contributed by atoms with Gasteiger partial charge in [0.15, 0.2) is 6.10 Å². The zero-order valence-electron chi connectivity index (χ0n) is 17.9. The first kappa shape index (κ1) is 19.5. The van der Waals surface area contributed by atoms with E-state index in [1.165, 1.54) is 44.1 Å². The van der Waals surface area contributed by atoms with Crippen molar-refractivity contribution in [3.63, 3.8) is 0 Å².